The van der Waals surface area contributed by atoms with E-state index in [1.54, 1.807) is 36.4 Å². The largest absolute Gasteiger partial charge is 0.437 e. The fourth-order valence-electron chi connectivity index (χ4n) is 3.61. The number of aromatic nitrogens is 2. The Balaban J connectivity index is 1.46. The average molecular weight is 457 g/mol. The first kappa shape index (κ1) is 21.4. The molecule has 1 fully saturated rings. The molecule has 1 aromatic heterocycles. The minimum atomic E-state index is -0.0181. The number of carbonyl (C=O) groups is 1. The third-order valence-corrected chi connectivity index (χ3v) is 5.76. The molecule has 160 valence electrons. The van der Waals surface area contributed by atoms with Gasteiger partial charge in [0, 0.05) is 42.3 Å². The molecule has 4 rings (SSSR count). The minimum Gasteiger partial charge on any atom is -0.437 e. The maximum absolute atomic E-state index is 12.9. The Hall–Kier alpha value is -2.83. The van der Waals surface area contributed by atoms with Crippen molar-refractivity contribution in [3.05, 3.63) is 76.0 Å². The predicted octanol–water partition coefficient (Wildman–Crippen LogP) is 5.24. The van der Waals surface area contributed by atoms with E-state index in [-0.39, 0.29) is 11.9 Å². The summed E-state index contributed by atoms with van der Waals surface area (Å²) in [5.74, 6) is 1.70. The normalized spacial score (nSPS) is 16.3. The van der Waals surface area contributed by atoms with Crippen LogP contribution in [0.1, 0.15) is 22.8 Å². The summed E-state index contributed by atoms with van der Waals surface area (Å²) in [6.07, 6.45) is 1.47. The van der Waals surface area contributed by atoms with Gasteiger partial charge < -0.3 is 14.5 Å². The molecule has 1 saturated heterocycles. The zero-order chi connectivity index (χ0) is 22.0. The minimum absolute atomic E-state index is 0.00535. The average Bonchev–Trinajstić information content (AvgIpc) is 2.76. The Morgan fingerprint density at radius 1 is 1.10 bits per heavy atom. The molecule has 0 radical (unpaired) electrons. The first-order chi connectivity index (χ1) is 14.9. The molecule has 2 aromatic carbocycles. The summed E-state index contributed by atoms with van der Waals surface area (Å²) in [4.78, 5) is 25.5. The lowest BCUT2D eigenvalue weighted by Crippen LogP contribution is -2.54. The number of hydrogen-bond donors (Lipinski definition) is 0. The van der Waals surface area contributed by atoms with E-state index >= 15 is 0 Å². The standard InChI is InChI=1S/C23H22Cl2N4O2/c1-15-6-7-19(25)20(10-15)31-22-12-21(26-14-27-22)28-8-9-29(16(2)13-28)23(30)17-4-3-5-18(24)11-17/h3-7,10-12,14,16H,8-9,13H2,1-2H3/t16-/m1/s1. The lowest BCUT2D eigenvalue weighted by Gasteiger charge is -2.40. The van der Waals surface area contributed by atoms with Gasteiger partial charge in [-0.15, -0.1) is 0 Å². The molecule has 0 unspecified atom stereocenters. The molecule has 8 heteroatoms. The van der Waals surface area contributed by atoms with Crippen molar-refractivity contribution < 1.29 is 9.53 Å². The molecule has 0 bridgehead atoms. The van der Waals surface area contributed by atoms with Crippen LogP contribution in [0.25, 0.3) is 0 Å². The van der Waals surface area contributed by atoms with Crippen LogP contribution in [0.15, 0.2) is 54.9 Å². The SMILES string of the molecule is Cc1ccc(Cl)c(Oc2cc(N3CCN(C(=O)c4cccc(Cl)c4)[C@H](C)C3)ncn2)c1. The van der Waals surface area contributed by atoms with E-state index in [0.717, 1.165) is 11.4 Å². The molecule has 3 aromatic rings. The van der Waals surface area contributed by atoms with Gasteiger partial charge in [0.15, 0.2) is 0 Å². The van der Waals surface area contributed by atoms with E-state index in [1.807, 2.05) is 30.9 Å². The molecule has 2 heterocycles. The predicted molar refractivity (Wildman–Crippen MR) is 122 cm³/mol. The van der Waals surface area contributed by atoms with Crippen molar-refractivity contribution in [1.29, 1.82) is 0 Å². The van der Waals surface area contributed by atoms with Crippen molar-refractivity contribution in [3.63, 3.8) is 0 Å². The zero-order valence-corrected chi connectivity index (χ0v) is 18.8. The van der Waals surface area contributed by atoms with Crippen LogP contribution < -0.4 is 9.64 Å². The summed E-state index contributed by atoms with van der Waals surface area (Å²) in [6.45, 7) is 5.88. The van der Waals surface area contributed by atoms with Crippen LogP contribution in [0, 0.1) is 6.92 Å². The van der Waals surface area contributed by atoms with Gasteiger partial charge >= 0.3 is 0 Å². The zero-order valence-electron chi connectivity index (χ0n) is 17.3. The van der Waals surface area contributed by atoms with Crippen molar-refractivity contribution in [1.82, 2.24) is 14.9 Å². The molecule has 1 aliphatic heterocycles. The molecule has 31 heavy (non-hydrogen) atoms. The van der Waals surface area contributed by atoms with Gasteiger partial charge in [-0.05, 0) is 49.7 Å². The van der Waals surface area contributed by atoms with Gasteiger partial charge in [-0.2, -0.15) is 0 Å². The lowest BCUT2D eigenvalue weighted by atomic mass is 10.1. The Kier molecular flexibility index (Phi) is 6.30. The third-order valence-electron chi connectivity index (χ3n) is 5.21. The summed E-state index contributed by atoms with van der Waals surface area (Å²) in [5, 5.41) is 1.08. The Labute approximate surface area is 191 Å². The van der Waals surface area contributed by atoms with Gasteiger partial charge in [0.1, 0.15) is 17.9 Å². The number of rotatable bonds is 4. The topological polar surface area (TPSA) is 58.6 Å². The molecule has 0 spiro atoms. The number of ether oxygens (including phenoxy) is 1. The van der Waals surface area contributed by atoms with E-state index < -0.39 is 0 Å². The van der Waals surface area contributed by atoms with Gasteiger partial charge in [0.25, 0.3) is 5.91 Å². The quantitative estimate of drug-likeness (QED) is 0.537. The van der Waals surface area contributed by atoms with Gasteiger partial charge in [-0.1, -0.05) is 35.3 Å². The van der Waals surface area contributed by atoms with Crippen LogP contribution in [0.5, 0.6) is 11.6 Å². The van der Waals surface area contributed by atoms with E-state index in [9.17, 15) is 4.79 Å². The molecule has 1 amide bonds. The maximum Gasteiger partial charge on any atom is 0.254 e. The fraction of sp³-hybridized carbons (Fsp3) is 0.261. The number of hydrogen-bond acceptors (Lipinski definition) is 5. The number of aryl methyl sites for hydroxylation is 1. The lowest BCUT2D eigenvalue weighted by molar-refractivity contribution is 0.0673. The summed E-state index contributed by atoms with van der Waals surface area (Å²) in [7, 11) is 0. The van der Waals surface area contributed by atoms with E-state index in [4.69, 9.17) is 27.9 Å². The Morgan fingerprint density at radius 3 is 2.71 bits per heavy atom. The second-order valence-electron chi connectivity index (χ2n) is 7.55. The highest BCUT2D eigenvalue weighted by Crippen LogP contribution is 2.30. The first-order valence-corrected chi connectivity index (χ1v) is 10.7. The van der Waals surface area contributed by atoms with Gasteiger partial charge in [0.2, 0.25) is 5.88 Å². The number of anilines is 1. The molecule has 0 aliphatic carbocycles. The molecular formula is C23H22Cl2N4O2. The van der Waals surface area contributed by atoms with Gasteiger partial charge in [-0.3, -0.25) is 4.79 Å². The Morgan fingerprint density at radius 2 is 1.94 bits per heavy atom. The number of nitrogens with zero attached hydrogens (tertiary/aromatic N) is 4. The van der Waals surface area contributed by atoms with Crippen LogP contribution in [-0.2, 0) is 0 Å². The molecule has 0 saturated carbocycles. The van der Waals surface area contributed by atoms with Crippen molar-refractivity contribution >= 4 is 34.9 Å². The second kappa shape index (κ2) is 9.12. The molecule has 0 N–H and O–H groups in total. The number of piperazine rings is 1. The van der Waals surface area contributed by atoms with Crippen LogP contribution in [-0.4, -0.2) is 46.5 Å². The molecule has 1 atom stereocenters. The molecule has 1 aliphatic rings. The van der Waals surface area contributed by atoms with Crippen molar-refractivity contribution in [2.45, 2.75) is 19.9 Å². The second-order valence-corrected chi connectivity index (χ2v) is 8.40. The van der Waals surface area contributed by atoms with Gasteiger partial charge in [-0.25, -0.2) is 9.97 Å². The fourth-order valence-corrected chi connectivity index (χ4v) is 3.96. The number of carbonyl (C=O) groups excluding carboxylic acids is 1. The van der Waals surface area contributed by atoms with E-state index in [1.165, 1.54) is 6.33 Å². The summed E-state index contributed by atoms with van der Waals surface area (Å²) >= 11 is 12.3. The van der Waals surface area contributed by atoms with Gasteiger partial charge in [0.05, 0.1) is 5.02 Å². The summed E-state index contributed by atoms with van der Waals surface area (Å²) < 4.78 is 5.89. The monoisotopic (exact) mass is 456 g/mol. The van der Waals surface area contributed by atoms with Crippen LogP contribution in [0.2, 0.25) is 10.0 Å². The van der Waals surface area contributed by atoms with E-state index in [0.29, 0.717) is 46.9 Å². The Bertz CT molecular complexity index is 1110. The highest BCUT2D eigenvalue weighted by atomic mass is 35.5. The van der Waals surface area contributed by atoms with Crippen molar-refractivity contribution in [2.75, 3.05) is 24.5 Å². The third kappa shape index (κ3) is 4.92. The molecular weight excluding hydrogens is 435 g/mol. The highest BCUT2D eigenvalue weighted by Gasteiger charge is 2.29. The van der Waals surface area contributed by atoms with Crippen LogP contribution in [0.4, 0.5) is 5.82 Å². The maximum atomic E-state index is 12.9. The summed E-state index contributed by atoms with van der Waals surface area (Å²) in [6, 6.07) is 14.4. The van der Waals surface area contributed by atoms with Crippen LogP contribution >= 0.6 is 23.2 Å². The first-order valence-electron chi connectivity index (χ1n) is 9.98. The van der Waals surface area contributed by atoms with E-state index in [2.05, 4.69) is 14.9 Å². The van der Waals surface area contributed by atoms with Crippen LogP contribution in [0.3, 0.4) is 0 Å². The van der Waals surface area contributed by atoms with Crippen molar-refractivity contribution in [3.8, 4) is 11.6 Å². The highest BCUT2D eigenvalue weighted by molar-refractivity contribution is 6.32. The summed E-state index contributed by atoms with van der Waals surface area (Å²) in [5.41, 5.74) is 1.64. The smallest absolute Gasteiger partial charge is 0.254 e. The van der Waals surface area contributed by atoms with Crippen molar-refractivity contribution in [2.24, 2.45) is 0 Å². The number of amides is 1. The molecule has 6 nitrogen and oxygen atoms in total. The number of halogens is 2. The number of benzene rings is 2.